The normalized spacial score (nSPS) is 17.8. The zero-order valence-electron chi connectivity index (χ0n) is 19.8. The Morgan fingerprint density at radius 2 is 1.27 bits per heavy atom. The van der Waals surface area contributed by atoms with Crippen LogP contribution in [0, 0.1) is 5.92 Å². The summed E-state index contributed by atoms with van der Waals surface area (Å²) in [5.41, 5.74) is 4.10. The number of piperidine rings is 1. The minimum atomic E-state index is -0.157. The maximum atomic E-state index is 11.2. The van der Waals surface area contributed by atoms with E-state index < -0.39 is 0 Å². The number of likely N-dealkylation sites (tertiary alicyclic amines) is 1. The van der Waals surface area contributed by atoms with Crippen molar-refractivity contribution in [3.05, 3.63) is 58.7 Å². The maximum absolute atomic E-state index is 11.2. The number of hydrogen-bond donors (Lipinski definition) is 2. The number of rotatable bonds is 3. The van der Waals surface area contributed by atoms with Crippen LogP contribution in [0.15, 0.2) is 36.4 Å². The van der Waals surface area contributed by atoms with E-state index in [0.717, 1.165) is 30.1 Å². The van der Waals surface area contributed by atoms with Crippen LogP contribution in [0.3, 0.4) is 0 Å². The molecular weight excluding hydrogens is 370 g/mol. The minimum absolute atomic E-state index is 0.112. The lowest BCUT2D eigenvalue weighted by Gasteiger charge is -2.38. The highest BCUT2D eigenvalue weighted by atomic mass is 16.3. The van der Waals surface area contributed by atoms with Gasteiger partial charge < -0.3 is 10.2 Å². The molecule has 0 spiro atoms. The van der Waals surface area contributed by atoms with Gasteiger partial charge in [0.05, 0.1) is 6.04 Å². The van der Waals surface area contributed by atoms with Crippen molar-refractivity contribution < 1.29 is 10.2 Å². The number of aromatic hydroxyl groups is 2. The van der Waals surface area contributed by atoms with Crippen molar-refractivity contribution in [2.45, 2.75) is 78.2 Å². The summed E-state index contributed by atoms with van der Waals surface area (Å²) in [6.07, 6.45) is 2.40. The Morgan fingerprint density at radius 3 is 1.70 bits per heavy atom. The van der Waals surface area contributed by atoms with Crippen molar-refractivity contribution >= 4 is 0 Å². The standard InChI is InChI=1S/C27H39NO2/c1-18-12-14-28(15-13-18)24(19-8-10-21(29)11-9-19)20-16-22(26(2,3)4)25(30)23(17-20)27(5,6)7/h8-11,16-18,24,29-30H,12-15H2,1-7H3. The van der Waals surface area contributed by atoms with Gasteiger partial charge in [0.1, 0.15) is 11.5 Å². The Labute approximate surface area is 182 Å². The van der Waals surface area contributed by atoms with Gasteiger partial charge in [-0.15, -0.1) is 0 Å². The van der Waals surface area contributed by atoms with Crippen molar-refractivity contribution in [2.24, 2.45) is 5.92 Å². The van der Waals surface area contributed by atoms with E-state index in [-0.39, 0.29) is 16.9 Å². The summed E-state index contributed by atoms with van der Waals surface area (Å²) in [5, 5.41) is 21.0. The van der Waals surface area contributed by atoms with Gasteiger partial charge in [0.25, 0.3) is 0 Å². The van der Waals surface area contributed by atoms with E-state index in [4.69, 9.17) is 0 Å². The van der Waals surface area contributed by atoms with E-state index in [1.165, 1.54) is 24.0 Å². The Morgan fingerprint density at radius 1 is 0.800 bits per heavy atom. The van der Waals surface area contributed by atoms with Crippen LogP contribution in [-0.2, 0) is 10.8 Å². The molecule has 2 N–H and O–H groups in total. The summed E-state index contributed by atoms with van der Waals surface area (Å²) in [6.45, 7) is 17.4. The van der Waals surface area contributed by atoms with E-state index in [1.807, 2.05) is 12.1 Å². The SMILES string of the molecule is CC1CCN(C(c2ccc(O)cc2)c2cc(C(C)(C)C)c(O)c(C(C)(C)C)c2)CC1. The van der Waals surface area contributed by atoms with E-state index in [9.17, 15) is 10.2 Å². The number of phenols is 2. The molecule has 2 aromatic rings. The molecule has 0 saturated carbocycles. The van der Waals surface area contributed by atoms with Crippen LogP contribution < -0.4 is 0 Å². The molecule has 164 valence electrons. The van der Waals surface area contributed by atoms with Crippen molar-refractivity contribution in [1.82, 2.24) is 4.90 Å². The molecule has 0 aromatic heterocycles. The van der Waals surface area contributed by atoms with Crippen LogP contribution in [0.5, 0.6) is 11.5 Å². The second-order valence-electron chi connectivity index (χ2n) is 11.2. The average Bonchev–Trinajstić information content (AvgIpc) is 2.64. The first-order chi connectivity index (χ1) is 13.9. The molecule has 0 amide bonds. The Hall–Kier alpha value is -2.00. The summed E-state index contributed by atoms with van der Waals surface area (Å²) < 4.78 is 0. The molecule has 2 aromatic carbocycles. The number of nitrogens with zero attached hydrogens (tertiary/aromatic N) is 1. The third kappa shape index (κ3) is 4.83. The molecule has 3 rings (SSSR count). The molecule has 1 aliphatic heterocycles. The minimum Gasteiger partial charge on any atom is -0.508 e. The zero-order valence-corrected chi connectivity index (χ0v) is 19.8. The third-order valence-corrected chi connectivity index (χ3v) is 6.46. The summed E-state index contributed by atoms with van der Waals surface area (Å²) >= 11 is 0. The predicted octanol–water partition coefficient (Wildman–Crippen LogP) is 6.51. The second-order valence-corrected chi connectivity index (χ2v) is 11.2. The highest BCUT2D eigenvalue weighted by molar-refractivity contribution is 5.52. The third-order valence-electron chi connectivity index (χ3n) is 6.46. The molecular formula is C27H39NO2. The molecule has 1 fully saturated rings. The molecule has 0 aliphatic carbocycles. The molecule has 1 saturated heterocycles. The molecule has 1 heterocycles. The zero-order chi connectivity index (χ0) is 22.3. The van der Waals surface area contributed by atoms with Crippen molar-refractivity contribution in [1.29, 1.82) is 0 Å². The van der Waals surface area contributed by atoms with Gasteiger partial charge in [-0.05, 0) is 89.2 Å². The lowest BCUT2D eigenvalue weighted by Crippen LogP contribution is -2.37. The molecule has 3 heteroatoms. The van der Waals surface area contributed by atoms with E-state index in [2.05, 4.69) is 65.5 Å². The predicted molar refractivity (Wildman–Crippen MR) is 125 cm³/mol. The largest absolute Gasteiger partial charge is 0.508 e. The average molecular weight is 410 g/mol. The van der Waals surface area contributed by atoms with Crippen LogP contribution in [0.4, 0.5) is 0 Å². The van der Waals surface area contributed by atoms with Crippen molar-refractivity contribution in [2.75, 3.05) is 13.1 Å². The van der Waals surface area contributed by atoms with Crippen LogP contribution in [-0.4, -0.2) is 28.2 Å². The topological polar surface area (TPSA) is 43.7 Å². The van der Waals surface area contributed by atoms with Crippen molar-refractivity contribution in [3.8, 4) is 11.5 Å². The van der Waals surface area contributed by atoms with Gasteiger partial charge in [0.15, 0.2) is 0 Å². The molecule has 0 radical (unpaired) electrons. The fourth-order valence-electron chi connectivity index (χ4n) is 4.52. The summed E-state index contributed by atoms with van der Waals surface area (Å²) in [5.74, 6) is 1.48. The first kappa shape index (κ1) is 22.7. The van der Waals surface area contributed by atoms with Gasteiger partial charge in [-0.2, -0.15) is 0 Å². The molecule has 1 aliphatic rings. The maximum Gasteiger partial charge on any atom is 0.123 e. The van der Waals surface area contributed by atoms with E-state index in [1.54, 1.807) is 12.1 Å². The van der Waals surface area contributed by atoms with Gasteiger partial charge in [-0.25, -0.2) is 0 Å². The van der Waals surface area contributed by atoms with Crippen LogP contribution >= 0.6 is 0 Å². The first-order valence-electron chi connectivity index (χ1n) is 11.3. The Bertz CT molecular complexity index is 828. The Balaban J connectivity index is 2.20. The fourth-order valence-corrected chi connectivity index (χ4v) is 4.52. The van der Waals surface area contributed by atoms with Crippen LogP contribution in [0.25, 0.3) is 0 Å². The quantitative estimate of drug-likeness (QED) is 0.607. The smallest absolute Gasteiger partial charge is 0.123 e. The molecule has 3 nitrogen and oxygen atoms in total. The molecule has 1 atom stereocenters. The first-order valence-corrected chi connectivity index (χ1v) is 11.3. The highest BCUT2D eigenvalue weighted by Crippen LogP contribution is 2.43. The number of phenolic OH excluding ortho intramolecular Hbond substituents is 2. The molecule has 30 heavy (non-hydrogen) atoms. The van der Waals surface area contributed by atoms with Crippen molar-refractivity contribution in [3.63, 3.8) is 0 Å². The monoisotopic (exact) mass is 409 g/mol. The lowest BCUT2D eigenvalue weighted by molar-refractivity contribution is 0.157. The van der Waals surface area contributed by atoms with Crippen LogP contribution in [0.1, 0.15) is 89.6 Å². The molecule has 0 bridgehead atoms. The second kappa shape index (κ2) is 8.26. The van der Waals surface area contributed by atoms with E-state index in [0.29, 0.717) is 11.5 Å². The van der Waals surface area contributed by atoms with Gasteiger partial charge in [0.2, 0.25) is 0 Å². The summed E-state index contributed by atoms with van der Waals surface area (Å²) in [6, 6.07) is 12.2. The highest BCUT2D eigenvalue weighted by Gasteiger charge is 2.31. The van der Waals surface area contributed by atoms with Crippen LogP contribution in [0.2, 0.25) is 0 Å². The fraction of sp³-hybridized carbons (Fsp3) is 0.556. The Kier molecular flexibility index (Phi) is 6.25. The summed E-state index contributed by atoms with van der Waals surface area (Å²) in [7, 11) is 0. The lowest BCUT2D eigenvalue weighted by atomic mass is 9.77. The van der Waals surface area contributed by atoms with Gasteiger partial charge in [-0.1, -0.05) is 60.6 Å². The van der Waals surface area contributed by atoms with Gasteiger partial charge >= 0.3 is 0 Å². The number of benzene rings is 2. The summed E-state index contributed by atoms with van der Waals surface area (Å²) in [4.78, 5) is 2.57. The number of hydrogen-bond acceptors (Lipinski definition) is 3. The van der Waals surface area contributed by atoms with Gasteiger partial charge in [-0.3, -0.25) is 4.90 Å². The van der Waals surface area contributed by atoms with E-state index >= 15 is 0 Å². The molecule has 1 unspecified atom stereocenters. The van der Waals surface area contributed by atoms with Gasteiger partial charge in [0, 0.05) is 0 Å².